The van der Waals surface area contributed by atoms with Crippen LogP contribution in [0.3, 0.4) is 0 Å². The molecule has 0 bridgehead atoms. The van der Waals surface area contributed by atoms with Crippen LogP contribution in [-0.2, 0) is 0 Å². The van der Waals surface area contributed by atoms with Crippen LogP contribution in [0.5, 0.6) is 0 Å². The first kappa shape index (κ1) is 11.8. The zero-order valence-electron chi connectivity index (χ0n) is 8.84. The maximum absolute atomic E-state index is 10.2. The minimum absolute atomic E-state index is 0.310. The van der Waals surface area contributed by atoms with Gasteiger partial charge in [0.2, 0.25) is 0 Å². The Bertz CT molecular complexity index is 414. The van der Waals surface area contributed by atoms with Gasteiger partial charge in [-0.3, -0.25) is 0 Å². The molecular weight excluding hydrogens is 208 g/mol. The Kier molecular flexibility index (Phi) is 4.09. The van der Waals surface area contributed by atoms with Crippen molar-refractivity contribution in [1.29, 1.82) is 5.26 Å². The first-order valence-corrected chi connectivity index (χ1v) is 4.67. The van der Waals surface area contributed by atoms with E-state index in [1.807, 2.05) is 6.07 Å². The molecule has 1 rings (SSSR count). The van der Waals surface area contributed by atoms with Crippen LogP contribution in [-0.4, -0.2) is 36.3 Å². The topological polar surface area (TPSA) is 89.3 Å². The normalized spacial score (nSPS) is 9.25. The molecule has 1 amide bonds. The molecule has 0 atom stereocenters. The zero-order valence-corrected chi connectivity index (χ0v) is 8.84. The van der Waals surface area contributed by atoms with E-state index in [1.54, 1.807) is 30.3 Å². The standard InChI is InChI=1S/C10H12N4O2/c1-14(5-4-13-10(15)16)9-6-8(7-11)2-3-12-9/h2-3,6,13H,4-5H2,1H3,(H,15,16). The van der Waals surface area contributed by atoms with Gasteiger partial charge in [0.1, 0.15) is 5.82 Å². The van der Waals surface area contributed by atoms with Gasteiger partial charge in [-0.1, -0.05) is 0 Å². The van der Waals surface area contributed by atoms with Gasteiger partial charge in [0, 0.05) is 26.3 Å². The van der Waals surface area contributed by atoms with Gasteiger partial charge in [-0.2, -0.15) is 5.26 Å². The van der Waals surface area contributed by atoms with Crippen molar-refractivity contribution < 1.29 is 9.90 Å². The predicted molar refractivity (Wildman–Crippen MR) is 58.2 cm³/mol. The number of hydrogen-bond donors (Lipinski definition) is 2. The van der Waals surface area contributed by atoms with E-state index in [4.69, 9.17) is 10.4 Å². The summed E-state index contributed by atoms with van der Waals surface area (Å²) >= 11 is 0. The van der Waals surface area contributed by atoms with E-state index in [1.165, 1.54) is 0 Å². The van der Waals surface area contributed by atoms with Gasteiger partial charge in [-0.25, -0.2) is 9.78 Å². The fraction of sp³-hybridized carbons (Fsp3) is 0.300. The Hall–Kier alpha value is -2.29. The summed E-state index contributed by atoms with van der Waals surface area (Å²) in [5, 5.41) is 19.4. The molecule has 0 unspecified atom stereocenters. The number of carbonyl (C=O) groups is 1. The average Bonchev–Trinajstić information content (AvgIpc) is 2.28. The number of rotatable bonds is 4. The Labute approximate surface area is 93.1 Å². The predicted octanol–water partition coefficient (Wildman–Crippen LogP) is 0.657. The van der Waals surface area contributed by atoms with Crippen molar-refractivity contribution in [2.24, 2.45) is 0 Å². The van der Waals surface area contributed by atoms with Gasteiger partial charge in [-0.15, -0.1) is 0 Å². The van der Waals surface area contributed by atoms with Crippen molar-refractivity contribution >= 4 is 11.9 Å². The second-order valence-electron chi connectivity index (χ2n) is 3.17. The molecule has 0 radical (unpaired) electrons. The molecule has 0 fully saturated rings. The molecule has 0 aromatic carbocycles. The van der Waals surface area contributed by atoms with E-state index >= 15 is 0 Å². The van der Waals surface area contributed by atoms with E-state index < -0.39 is 6.09 Å². The summed E-state index contributed by atoms with van der Waals surface area (Å²) in [6.45, 7) is 0.804. The van der Waals surface area contributed by atoms with Gasteiger partial charge in [0.15, 0.2) is 0 Å². The summed E-state index contributed by atoms with van der Waals surface area (Å²) in [7, 11) is 1.78. The Morgan fingerprint density at radius 1 is 1.75 bits per heavy atom. The monoisotopic (exact) mass is 220 g/mol. The molecule has 1 aromatic rings. The highest BCUT2D eigenvalue weighted by atomic mass is 16.4. The van der Waals surface area contributed by atoms with E-state index in [0.29, 0.717) is 24.5 Å². The number of hydrogen-bond acceptors (Lipinski definition) is 4. The fourth-order valence-electron chi connectivity index (χ4n) is 1.14. The fourth-order valence-corrected chi connectivity index (χ4v) is 1.14. The SMILES string of the molecule is CN(CCNC(=O)O)c1cc(C#N)ccn1. The third-order valence-electron chi connectivity index (χ3n) is 1.99. The lowest BCUT2D eigenvalue weighted by Crippen LogP contribution is -2.32. The molecule has 84 valence electrons. The quantitative estimate of drug-likeness (QED) is 0.777. The Balaban J connectivity index is 2.55. The van der Waals surface area contributed by atoms with Gasteiger partial charge in [0.25, 0.3) is 0 Å². The molecule has 1 aromatic heterocycles. The molecule has 0 aliphatic carbocycles. The van der Waals surface area contributed by atoms with Crippen molar-refractivity contribution in [2.75, 3.05) is 25.0 Å². The van der Waals surface area contributed by atoms with Gasteiger partial charge >= 0.3 is 6.09 Å². The number of aromatic nitrogens is 1. The Morgan fingerprint density at radius 3 is 3.12 bits per heavy atom. The van der Waals surface area contributed by atoms with Crippen molar-refractivity contribution in [3.05, 3.63) is 23.9 Å². The number of pyridine rings is 1. The molecule has 0 aliphatic heterocycles. The number of amides is 1. The van der Waals surface area contributed by atoms with Crippen molar-refractivity contribution in [3.8, 4) is 6.07 Å². The molecule has 2 N–H and O–H groups in total. The number of likely N-dealkylation sites (N-methyl/N-ethyl adjacent to an activating group) is 1. The van der Waals surface area contributed by atoms with Crippen LogP contribution in [0.15, 0.2) is 18.3 Å². The summed E-state index contributed by atoms with van der Waals surface area (Å²) in [6.07, 6.45) is 0.502. The van der Waals surface area contributed by atoms with Crippen molar-refractivity contribution in [2.45, 2.75) is 0 Å². The molecule has 0 spiro atoms. The van der Waals surface area contributed by atoms with E-state index in [2.05, 4.69) is 10.3 Å². The van der Waals surface area contributed by atoms with Crippen LogP contribution < -0.4 is 10.2 Å². The highest BCUT2D eigenvalue weighted by Gasteiger charge is 2.03. The van der Waals surface area contributed by atoms with Crippen molar-refractivity contribution in [3.63, 3.8) is 0 Å². The van der Waals surface area contributed by atoms with Gasteiger partial charge < -0.3 is 15.3 Å². The largest absolute Gasteiger partial charge is 0.465 e. The van der Waals surface area contributed by atoms with E-state index in [-0.39, 0.29) is 0 Å². The summed E-state index contributed by atoms with van der Waals surface area (Å²) in [4.78, 5) is 16.1. The number of nitriles is 1. The van der Waals surface area contributed by atoms with Crippen LogP contribution in [0.4, 0.5) is 10.6 Å². The second-order valence-corrected chi connectivity index (χ2v) is 3.17. The number of nitrogens with zero attached hydrogens (tertiary/aromatic N) is 3. The molecule has 16 heavy (non-hydrogen) atoms. The summed E-state index contributed by atoms with van der Waals surface area (Å²) < 4.78 is 0. The zero-order chi connectivity index (χ0) is 12.0. The number of nitrogens with one attached hydrogen (secondary N) is 1. The molecule has 1 heterocycles. The molecule has 0 saturated carbocycles. The molecule has 6 heteroatoms. The van der Waals surface area contributed by atoms with Crippen LogP contribution in [0, 0.1) is 11.3 Å². The lowest BCUT2D eigenvalue weighted by atomic mass is 10.3. The summed E-state index contributed by atoms with van der Waals surface area (Å²) in [5.41, 5.74) is 0.531. The van der Waals surface area contributed by atoms with Gasteiger partial charge in [0.05, 0.1) is 11.6 Å². The first-order chi connectivity index (χ1) is 7.63. The highest BCUT2D eigenvalue weighted by molar-refractivity contribution is 5.64. The average molecular weight is 220 g/mol. The molecule has 0 aliphatic rings. The van der Waals surface area contributed by atoms with Crippen LogP contribution in [0.2, 0.25) is 0 Å². The first-order valence-electron chi connectivity index (χ1n) is 4.67. The van der Waals surface area contributed by atoms with Crippen LogP contribution in [0.25, 0.3) is 0 Å². The smallest absolute Gasteiger partial charge is 0.404 e. The maximum atomic E-state index is 10.2. The van der Waals surface area contributed by atoms with Gasteiger partial charge in [-0.05, 0) is 12.1 Å². The minimum Gasteiger partial charge on any atom is -0.465 e. The molecule has 6 nitrogen and oxygen atoms in total. The lowest BCUT2D eigenvalue weighted by molar-refractivity contribution is 0.195. The third-order valence-corrected chi connectivity index (χ3v) is 1.99. The number of carboxylic acid groups (broad SMARTS) is 1. The third kappa shape index (κ3) is 3.46. The van der Waals surface area contributed by atoms with E-state index in [9.17, 15) is 4.79 Å². The maximum Gasteiger partial charge on any atom is 0.404 e. The summed E-state index contributed by atoms with van der Waals surface area (Å²) in [6, 6.07) is 5.29. The summed E-state index contributed by atoms with van der Waals surface area (Å²) in [5.74, 6) is 0.645. The molecular formula is C10H12N4O2. The number of anilines is 1. The highest BCUT2D eigenvalue weighted by Crippen LogP contribution is 2.09. The van der Waals surface area contributed by atoms with Crippen LogP contribution >= 0.6 is 0 Å². The minimum atomic E-state index is -1.05. The van der Waals surface area contributed by atoms with E-state index in [0.717, 1.165) is 0 Å². The Morgan fingerprint density at radius 2 is 2.50 bits per heavy atom. The van der Waals surface area contributed by atoms with Crippen LogP contribution in [0.1, 0.15) is 5.56 Å². The second kappa shape index (κ2) is 5.56. The van der Waals surface area contributed by atoms with Crippen molar-refractivity contribution in [1.82, 2.24) is 10.3 Å². The molecule has 0 saturated heterocycles. The lowest BCUT2D eigenvalue weighted by Gasteiger charge is -2.17.